The Hall–Kier alpha value is -0.280. The number of nitrogens with one attached hydrogen (secondary N) is 2. The minimum Gasteiger partial charge on any atom is -0.305 e. The van der Waals surface area contributed by atoms with Gasteiger partial charge in [-0.1, -0.05) is 6.92 Å². The highest BCUT2D eigenvalue weighted by atomic mass is 32.1. The van der Waals surface area contributed by atoms with Gasteiger partial charge in [0.15, 0.2) is 0 Å². The lowest BCUT2D eigenvalue weighted by Crippen LogP contribution is -2.40. The molecule has 0 aliphatic rings. The van der Waals surface area contributed by atoms with Crippen molar-refractivity contribution in [1.82, 2.24) is 10.6 Å². The van der Waals surface area contributed by atoms with Crippen molar-refractivity contribution in [2.75, 3.05) is 14.1 Å². The summed E-state index contributed by atoms with van der Waals surface area (Å²) in [5.41, 5.74) is 0. The monoisotopic (exact) mass is 187 g/mol. The Morgan fingerprint density at radius 2 is 2.00 bits per heavy atom. The van der Waals surface area contributed by atoms with Crippen LogP contribution in [0.25, 0.3) is 0 Å². The minimum atomic E-state index is 0.285. The standard InChI is InChI=1S/C8H17N3S/c1-4-7(11-6-12)5-8(9-2)10-3/h7-10H,4-5H2,1-3H3. The van der Waals surface area contributed by atoms with E-state index >= 15 is 0 Å². The molecule has 1 unspecified atom stereocenters. The highest BCUT2D eigenvalue weighted by molar-refractivity contribution is 7.78. The zero-order valence-corrected chi connectivity index (χ0v) is 8.74. The molecule has 0 bridgehead atoms. The lowest BCUT2D eigenvalue weighted by atomic mass is 10.1. The predicted molar refractivity (Wildman–Crippen MR) is 55.6 cm³/mol. The van der Waals surface area contributed by atoms with Crippen LogP contribution >= 0.6 is 12.2 Å². The third kappa shape index (κ3) is 4.57. The van der Waals surface area contributed by atoms with Gasteiger partial charge in [-0.05, 0) is 39.2 Å². The van der Waals surface area contributed by atoms with Crippen molar-refractivity contribution < 1.29 is 0 Å². The van der Waals surface area contributed by atoms with Crippen LogP contribution in [0.5, 0.6) is 0 Å². The predicted octanol–water partition coefficient (Wildman–Crippen LogP) is 1.02. The first-order valence-electron chi connectivity index (χ1n) is 4.20. The second-order valence-electron chi connectivity index (χ2n) is 2.65. The van der Waals surface area contributed by atoms with Gasteiger partial charge < -0.3 is 10.6 Å². The van der Waals surface area contributed by atoms with Crippen LogP contribution in [0.4, 0.5) is 0 Å². The molecule has 0 aliphatic carbocycles. The van der Waals surface area contributed by atoms with Crippen LogP contribution in [-0.2, 0) is 0 Å². The summed E-state index contributed by atoms with van der Waals surface area (Å²) in [6.45, 7) is 2.10. The summed E-state index contributed by atoms with van der Waals surface area (Å²) in [5, 5.41) is 8.71. The Morgan fingerprint density at radius 1 is 1.42 bits per heavy atom. The quantitative estimate of drug-likeness (QED) is 0.370. The number of hydrogen-bond acceptors (Lipinski definition) is 4. The molecule has 0 aromatic heterocycles. The van der Waals surface area contributed by atoms with E-state index in [1.165, 1.54) is 0 Å². The van der Waals surface area contributed by atoms with Gasteiger partial charge in [-0.15, -0.1) is 0 Å². The van der Waals surface area contributed by atoms with Crippen LogP contribution in [0.1, 0.15) is 19.8 Å². The third-order valence-electron chi connectivity index (χ3n) is 1.91. The first kappa shape index (κ1) is 11.7. The van der Waals surface area contributed by atoms with Gasteiger partial charge in [0.05, 0.1) is 17.4 Å². The normalized spacial score (nSPS) is 12.7. The summed E-state index contributed by atoms with van der Waals surface area (Å²) in [6, 6.07) is 0.285. The molecule has 0 heterocycles. The average molecular weight is 187 g/mol. The average Bonchev–Trinajstić information content (AvgIpc) is 2.12. The molecular formula is C8H17N3S. The van der Waals surface area contributed by atoms with Crippen LogP contribution in [0.3, 0.4) is 0 Å². The Morgan fingerprint density at radius 3 is 2.33 bits per heavy atom. The van der Waals surface area contributed by atoms with Crippen molar-refractivity contribution in [3.8, 4) is 0 Å². The van der Waals surface area contributed by atoms with Crippen molar-refractivity contribution in [1.29, 1.82) is 0 Å². The van der Waals surface area contributed by atoms with Crippen LogP contribution in [-0.4, -0.2) is 31.5 Å². The molecule has 0 rings (SSSR count). The lowest BCUT2D eigenvalue weighted by Gasteiger charge is -2.18. The first-order chi connectivity index (χ1) is 5.78. The highest BCUT2D eigenvalue weighted by Crippen LogP contribution is 2.04. The molecule has 1 atom stereocenters. The zero-order chi connectivity index (χ0) is 9.40. The van der Waals surface area contributed by atoms with Crippen LogP contribution in [0, 0.1) is 0 Å². The Bertz CT molecular complexity index is 150. The van der Waals surface area contributed by atoms with E-state index in [2.05, 4.69) is 39.9 Å². The number of thiocarbonyl (C=S) groups is 1. The zero-order valence-electron chi connectivity index (χ0n) is 7.92. The van der Waals surface area contributed by atoms with Gasteiger partial charge >= 0.3 is 0 Å². The molecule has 0 amide bonds. The van der Waals surface area contributed by atoms with E-state index in [-0.39, 0.29) is 6.04 Å². The molecule has 0 fully saturated rings. The van der Waals surface area contributed by atoms with E-state index in [0.29, 0.717) is 6.17 Å². The molecule has 0 aliphatic heterocycles. The summed E-state index contributed by atoms with van der Waals surface area (Å²) in [5.74, 6) is 0. The SMILES string of the molecule is CCC(CC(NC)NC)N=C=S. The van der Waals surface area contributed by atoms with E-state index in [9.17, 15) is 0 Å². The molecule has 0 saturated carbocycles. The highest BCUT2D eigenvalue weighted by Gasteiger charge is 2.09. The third-order valence-corrected chi connectivity index (χ3v) is 2.02. The number of isothiocyanates is 1. The molecule has 70 valence electrons. The van der Waals surface area contributed by atoms with E-state index in [1.807, 2.05) is 14.1 Å². The van der Waals surface area contributed by atoms with E-state index in [0.717, 1.165) is 12.8 Å². The second kappa shape index (κ2) is 7.37. The van der Waals surface area contributed by atoms with Gasteiger partial charge in [0, 0.05) is 0 Å². The summed E-state index contributed by atoms with van der Waals surface area (Å²) in [6.07, 6.45) is 2.26. The molecule has 0 saturated heterocycles. The van der Waals surface area contributed by atoms with Crippen molar-refractivity contribution in [3.05, 3.63) is 0 Å². The van der Waals surface area contributed by atoms with Gasteiger partial charge in [0.2, 0.25) is 0 Å². The number of nitrogens with zero attached hydrogens (tertiary/aromatic N) is 1. The lowest BCUT2D eigenvalue weighted by molar-refractivity contribution is 0.416. The Balaban J connectivity index is 3.90. The molecular weight excluding hydrogens is 170 g/mol. The van der Waals surface area contributed by atoms with Crippen LogP contribution in [0.2, 0.25) is 0 Å². The van der Waals surface area contributed by atoms with E-state index in [1.54, 1.807) is 0 Å². The fourth-order valence-corrected chi connectivity index (χ4v) is 1.19. The molecule has 2 N–H and O–H groups in total. The number of hydrogen-bond donors (Lipinski definition) is 2. The molecule has 0 aromatic carbocycles. The number of aliphatic imine (C=N–C) groups is 1. The first-order valence-corrected chi connectivity index (χ1v) is 4.60. The van der Waals surface area contributed by atoms with Crippen molar-refractivity contribution in [2.45, 2.75) is 32.0 Å². The van der Waals surface area contributed by atoms with Gasteiger partial charge in [-0.2, -0.15) is 0 Å². The van der Waals surface area contributed by atoms with Gasteiger partial charge in [0.1, 0.15) is 0 Å². The van der Waals surface area contributed by atoms with Gasteiger partial charge in [-0.3, -0.25) is 0 Å². The van der Waals surface area contributed by atoms with Crippen LogP contribution < -0.4 is 10.6 Å². The maximum absolute atomic E-state index is 4.56. The fourth-order valence-electron chi connectivity index (χ4n) is 1.04. The molecule has 0 radical (unpaired) electrons. The second-order valence-corrected chi connectivity index (χ2v) is 2.83. The van der Waals surface area contributed by atoms with Gasteiger partial charge in [0.25, 0.3) is 0 Å². The molecule has 0 aromatic rings. The Kier molecular flexibility index (Phi) is 7.20. The summed E-state index contributed by atoms with van der Waals surface area (Å²) < 4.78 is 0. The maximum atomic E-state index is 4.56. The van der Waals surface area contributed by atoms with Crippen molar-refractivity contribution >= 4 is 17.4 Å². The topological polar surface area (TPSA) is 36.4 Å². The smallest absolute Gasteiger partial charge is 0.0627 e. The van der Waals surface area contributed by atoms with Crippen LogP contribution in [0.15, 0.2) is 4.99 Å². The van der Waals surface area contributed by atoms with E-state index in [4.69, 9.17) is 0 Å². The minimum absolute atomic E-state index is 0.285. The van der Waals surface area contributed by atoms with Gasteiger partial charge in [-0.25, -0.2) is 4.99 Å². The van der Waals surface area contributed by atoms with Crippen molar-refractivity contribution in [2.24, 2.45) is 4.99 Å². The molecule has 0 spiro atoms. The maximum Gasteiger partial charge on any atom is 0.0627 e. The fraction of sp³-hybridized carbons (Fsp3) is 0.875. The summed E-state index contributed by atoms with van der Waals surface area (Å²) in [7, 11) is 3.85. The molecule has 3 nitrogen and oxygen atoms in total. The van der Waals surface area contributed by atoms with Crippen molar-refractivity contribution in [3.63, 3.8) is 0 Å². The Labute approximate surface area is 79.6 Å². The molecule has 4 heteroatoms. The summed E-state index contributed by atoms with van der Waals surface area (Å²) >= 11 is 4.56. The number of rotatable bonds is 6. The molecule has 12 heavy (non-hydrogen) atoms. The van der Waals surface area contributed by atoms with E-state index < -0.39 is 0 Å². The summed E-state index contributed by atoms with van der Waals surface area (Å²) in [4.78, 5) is 4.06. The largest absolute Gasteiger partial charge is 0.305 e.